The van der Waals surface area contributed by atoms with Crippen molar-refractivity contribution in [3.05, 3.63) is 55.4 Å². The molecule has 0 amide bonds. The van der Waals surface area contributed by atoms with Crippen molar-refractivity contribution in [3.8, 4) is 0 Å². The standard InChI is InChI=1S/C11H6BrCl2FS/c12-6-2-1-3-8(15)9(6)10(14)11-7(13)4-5-16-11/h1-5,10H. The first-order valence-corrected chi connectivity index (χ1v) is 6.91. The SMILES string of the molecule is Fc1cccc(Br)c1C(Cl)c1sccc1Cl. The number of rotatable bonds is 2. The van der Waals surface area contributed by atoms with Crippen LogP contribution in [-0.2, 0) is 0 Å². The molecule has 0 saturated heterocycles. The van der Waals surface area contributed by atoms with Crippen LogP contribution in [-0.4, -0.2) is 0 Å². The summed E-state index contributed by atoms with van der Waals surface area (Å²) < 4.78 is 14.3. The van der Waals surface area contributed by atoms with Gasteiger partial charge in [0.1, 0.15) is 5.82 Å². The molecule has 16 heavy (non-hydrogen) atoms. The van der Waals surface area contributed by atoms with E-state index in [9.17, 15) is 4.39 Å². The van der Waals surface area contributed by atoms with E-state index in [1.54, 1.807) is 18.2 Å². The number of hydrogen-bond acceptors (Lipinski definition) is 1. The summed E-state index contributed by atoms with van der Waals surface area (Å²) in [5, 5.41) is 1.84. The molecule has 0 bridgehead atoms. The van der Waals surface area contributed by atoms with Crippen LogP contribution in [0.5, 0.6) is 0 Å². The predicted octanol–water partition coefficient (Wildman–Crippen LogP) is 5.63. The summed E-state index contributed by atoms with van der Waals surface area (Å²) in [6.07, 6.45) is 0. The molecule has 0 aliphatic heterocycles. The van der Waals surface area contributed by atoms with Crippen molar-refractivity contribution < 1.29 is 4.39 Å². The van der Waals surface area contributed by atoms with Gasteiger partial charge in [-0.1, -0.05) is 33.6 Å². The molecule has 1 aromatic carbocycles. The maximum Gasteiger partial charge on any atom is 0.129 e. The minimum absolute atomic E-state index is 0.334. The van der Waals surface area contributed by atoms with Crippen LogP contribution < -0.4 is 0 Å². The van der Waals surface area contributed by atoms with Crippen LogP contribution in [0.3, 0.4) is 0 Å². The van der Waals surface area contributed by atoms with E-state index in [1.807, 2.05) is 5.38 Å². The molecule has 84 valence electrons. The lowest BCUT2D eigenvalue weighted by atomic mass is 10.1. The highest BCUT2D eigenvalue weighted by Crippen LogP contribution is 2.41. The van der Waals surface area contributed by atoms with E-state index >= 15 is 0 Å². The Morgan fingerprint density at radius 1 is 1.31 bits per heavy atom. The Morgan fingerprint density at radius 2 is 2.06 bits per heavy atom. The van der Waals surface area contributed by atoms with Crippen LogP contribution in [0.1, 0.15) is 15.8 Å². The largest absolute Gasteiger partial charge is 0.207 e. The van der Waals surface area contributed by atoms with E-state index in [4.69, 9.17) is 23.2 Å². The van der Waals surface area contributed by atoms with Gasteiger partial charge in [-0.25, -0.2) is 4.39 Å². The van der Waals surface area contributed by atoms with Gasteiger partial charge in [0.25, 0.3) is 0 Å². The smallest absolute Gasteiger partial charge is 0.129 e. The van der Waals surface area contributed by atoms with E-state index < -0.39 is 5.38 Å². The average molecular weight is 340 g/mol. The minimum atomic E-state index is -0.567. The van der Waals surface area contributed by atoms with E-state index in [-0.39, 0.29) is 5.82 Å². The van der Waals surface area contributed by atoms with Gasteiger partial charge in [-0.05, 0) is 23.6 Å². The van der Waals surface area contributed by atoms with Crippen molar-refractivity contribution in [3.63, 3.8) is 0 Å². The second kappa shape index (κ2) is 5.05. The maximum absolute atomic E-state index is 13.7. The van der Waals surface area contributed by atoms with E-state index in [2.05, 4.69) is 15.9 Å². The first-order valence-electron chi connectivity index (χ1n) is 4.42. The third-order valence-electron chi connectivity index (χ3n) is 2.13. The summed E-state index contributed by atoms with van der Waals surface area (Å²) >= 11 is 16.9. The zero-order chi connectivity index (χ0) is 11.7. The molecule has 1 atom stereocenters. The average Bonchev–Trinajstić information content (AvgIpc) is 2.64. The van der Waals surface area contributed by atoms with Crippen molar-refractivity contribution in [1.82, 2.24) is 0 Å². The molecule has 0 aliphatic rings. The highest BCUT2D eigenvalue weighted by Gasteiger charge is 2.21. The molecule has 2 aromatic rings. The van der Waals surface area contributed by atoms with Gasteiger partial charge in [0.2, 0.25) is 0 Å². The van der Waals surface area contributed by atoms with E-state index in [1.165, 1.54) is 17.4 Å². The number of hydrogen-bond donors (Lipinski definition) is 0. The molecule has 0 N–H and O–H groups in total. The zero-order valence-electron chi connectivity index (χ0n) is 7.88. The summed E-state index contributed by atoms with van der Waals surface area (Å²) in [7, 11) is 0. The van der Waals surface area contributed by atoms with Gasteiger partial charge in [0.15, 0.2) is 0 Å². The van der Waals surface area contributed by atoms with Gasteiger partial charge in [0.05, 0.1) is 10.4 Å². The summed E-state index contributed by atoms with van der Waals surface area (Å²) in [6, 6.07) is 6.53. The molecule has 0 spiro atoms. The van der Waals surface area contributed by atoms with Gasteiger partial charge >= 0.3 is 0 Å². The number of benzene rings is 1. The fourth-order valence-electron chi connectivity index (χ4n) is 1.37. The fraction of sp³-hybridized carbons (Fsp3) is 0.0909. The molecular weight excluding hydrogens is 334 g/mol. The number of alkyl halides is 1. The summed E-state index contributed by atoms with van der Waals surface area (Å²) in [5.41, 5.74) is 0.425. The molecule has 1 unspecified atom stereocenters. The Hall–Kier alpha value is -0.0900. The van der Waals surface area contributed by atoms with Gasteiger partial charge in [-0.3, -0.25) is 0 Å². The minimum Gasteiger partial charge on any atom is -0.207 e. The van der Waals surface area contributed by atoms with Crippen LogP contribution in [0.2, 0.25) is 5.02 Å². The molecular formula is C11H6BrCl2FS. The van der Waals surface area contributed by atoms with Crippen molar-refractivity contribution in [2.24, 2.45) is 0 Å². The molecule has 1 aromatic heterocycles. The van der Waals surface area contributed by atoms with E-state index in [0.29, 0.717) is 15.1 Å². The fourth-order valence-corrected chi connectivity index (χ4v) is 3.77. The number of halogens is 4. The summed E-state index contributed by atoms with van der Waals surface area (Å²) in [5.74, 6) is -0.334. The van der Waals surface area contributed by atoms with Gasteiger partial charge in [-0.2, -0.15) is 0 Å². The van der Waals surface area contributed by atoms with Crippen LogP contribution in [0.4, 0.5) is 4.39 Å². The number of thiophene rings is 1. The Kier molecular flexibility index (Phi) is 3.90. The second-order valence-electron chi connectivity index (χ2n) is 3.13. The topological polar surface area (TPSA) is 0 Å². The Labute approximate surface area is 115 Å². The van der Waals surface area contributed by atoms with Crippen molar-refractivity contribution in [2.75, 3.05) is 0 Å². The first-order chi connectivity index (χ1) is 7.61. The third kappa shape index (κ3) is 2.28. The van der Waals surface area contributed by atoms with Crippen LogP contribution >= 0.6 is 50.5 Å². The monoisotopic (exact) mass is 338 g/mol. The van der Waals surface area contributed by atoms with Crippen LogP contribution in [0.25, 0.3) is 0 Å². The molecule has 2 rings (SSSR count). The first kappa shape index (κ1) is 12.4. The third-order valence-corrected chi connectivity index (χ3v) is 4.81. The van der Waals surface area contributed by atoms with Crippen molar-refractivity contribution in [2.45, 2.75) is 5.38 Å². The molecule has 0 saturated carbocycles. The summed E-state index contributed by atoms with van der Waals surface area (Å²) in [6.45, 7) is 0. The van der Waals surface area contributed by atoms with Gasteiger partial charge in [0, 0.05) is 14.9 Å². The molecule has 0 radical (unpaired) electrons. The lowest BCUT2D eigenvalue weighted by molar-refractivity contribution is 0.611. The Balaban J connectivity index is 2.49. The lowest BCUT2D eigenvalue weighted by Crippen LogP contribution is -1.96. The molecule has 0 nitrogen and oxygen atoms in total. The van der Waals surface area contributed by atoms with Crippen molar-refractivity contribution >= 4 is 50.5 Å². The quantitative estimate of drug-likeness (QED) is 0.622. The lowest BCUT2D eigenvalue weighted by Gasteiger charge is -2.11. The van der Waals surface area contributed by atoms with Gasteiger partial charge in [-0.15, -0.1) is 22.9 Å². The van der Waals surface area contributed by atoms with E-state index in [0.717, 1.165) is 4.88 Å². The predicted molar refractivity (Wildman–Crippen MR) is 71.1 cm³/mol. The highest BCUT2D eigenvalue weighted by molar-refractivity contribution is 9.10. The second-order valence-corrected chi connectivity index (χ2v) is 5.78. The van der Waals surface area contributed by atoms with Crippen LogP contribution in [0.15, 0.2) is 34.1 Å². The molecule has 0 aliphatic carbocycles. The zero-order valence-corrected chi connectivity index (χ0v) is 11.8. The Morgan fingerprint density at radius 3 is 2.62 bits per heavy atom. The molecule has 0 fully saturated rings. The normalized spacial score (nSPS) is 12.8. The Bertz CT molecular complexity index is 492. The molecule has 1 heterocycles. The summed E-state index contributed by atoms with van der Waals surface area (Å²) in [4.78, 5) is 0.758. The van der Waals surface area contributed by atoms with Crippen molar-refractivity contribution in [1.29, 1.82) is 0 Å². The van der Waals surface area contributed by atoms with Gasteiger partial charge < -0.3 is 0 Å². The van der Waals surface area contributed by atoms with Crippen LogP contribution in [0, 0.1) is 5.82 Å². The highest BCUT2D eigenvalue weighted by atomic mass is 79.9. The maximum atomic E-state index is 13.7. The molecule has 5 heteroatoms.